The molecule has 0 amide bonds. The number of benzene rings is 1. The molecule has 8 heteroatoms. The molecule has 7 nitrogen and oxygen atoms in total. The van der Waals surface area contributed by atoms with E-state index in [4.69, 9.17) is 16.0 Å². The maximum atomic E-state index is 12.2. The van der Waals surface area contributed by atoms with E-state index in [-0.39, 0.29) is 22.7 Å². The number of nitriles is 1. The lowest BCUT2D eigenvalue weighted by atomic mass is 10.2. The van der Waals surface area contributed by atoms with Gasteiger partial charge in [0.1, 0.15) is 23.2 Å². The Balaban J connectivity index is 2.11. The van der Waals surface area contributed by atoms with Crippen molar-refractivity contribution < 1.29 is 13.9 Å². The molecule has 0 aliphatic carbocycles. The first kappa shape index (κ1) is 17.5. The zero-order valence-electron chi connectivity index (χ0n) is 13.8. The molecule has 2 heterocycles. The van der Waals surface area contributed by atoms with E-state index in [1.165, 1.54) is 25.3 Å². The van der Waals surface area contributed by atoms with E-state index in [2.05, 4.69) is 14.7 Å². The lowest BCUT2D eigenvalue weighted by Gasteiger charge is -2.02. The Kier molecular flexibility index (Phi) is 4.61. The second-order valence-corrected chi connectivity index (χ2v) is 5.79. The second-order valence-electron chi connectivity index (χ2n) is 5.36. The third-order valence-corrected chi connectivity index (χ3v) is 3.91. The first-order valence-corrected chi connectivity index (χ1v) is 7.81. The van der Waals surface area contributed by atoms with Gasteiger partial charge >= 0.3 is 5.97 Å². The number of aromatic amines is 1. The summed E-state index contributed by atoms with van der Waals surface area (Å²) in [6.45, 7) is 1.60. The third-order valence-electron chi connectivity index (χ3n) is 3.67. The number of aryl methyl sites for hydroxylation is 1. The predicted molar refractivity (Wildman–Crippen MR) is 95.6 cm³/mol. The van der Waals surface area contributed by atoms with Crippen molar-refractivity contribution in [2.45, 2.75) is 6.92 Å². The van der Waals surface area contributed by atoms with Crippen LogP contribution in [0.5, 0.6) is 0 Å². The number of aromatic nitrogens is 2. The van der Waals surface area contributed by atoms with Gasteiger partial charge in [0, 0.05) is 11.1 Å². The number of esters is 1. The van der Waals surface area contributed by atoms with Gasteiger partial charge in [0.25, 0.3) is 5.56 Å². The van der Waals surface area contributed by atoms with Gasteiger partial charge in [-0.25, -0.2) is 9.78 Å². The number of ether oxygens (including phenoxy) is 1. The second kappa shape index (κ2) is 6.86. The van der Waals surface area contributed by atoms with Gasteiger partial charge in [-0.3, -0.25) is 4.79 Å². The Hall–Kier alpha value is -3.37. The quantitative estimate of drug-likeness (QED) is 0.560. The molecule has 0 saturated carbocycles. The highest BCUT2D eigenvalue weighted by molar-refractivity contribution is 6.31. The molecule has 3 rings (SSSR count). The van der Waals surface area contributed by atoms with Gasteiger partial charge in [-0.05, 0) is 31.2 Å². The number of nitrogens with one attached hydrogen (secondary N) is 1. The molecule has 3 aromatic rings. The first-order chi connectivity index (χ1) is 12.4. The number of carbonyl (C=O) groups excluding carboxylic acids is 1. The molecule has 2 aromatic heterocycles. The molecule has 0 fully saturated rings. The molecule has 0 radical (unpaired) electrons. The Bertz CT molecular complexity index is 1150. The van der Waals surface area contributed by atoms with Crippen molar-refractivity contribution in [3.8, 4) is 6.07 Å². The highest BCUT2D eigenvalue weighted by Gasteiger charge is 2.16. The summed E-state index contributed by atoms with van der Waals surface area (Å²) < 4.78 is 10.1. The lowest BCUT2D eigenvalue weighted by molar-refractivity contribution is 0.0599. The number of halogens is 1. The van der Waals surface area contributed by atoms with Crippen molar-refractivity contribution in [3.05, 3.63) is 62.6 Å². The molecule has 0 spiro atoms. The first-order valence-electron chi connectivity index (χ1n) is 7.43. The molecule has 0 bridgehead atoms. The summed E-state index contributed by atoms with van der Waals surface area (Å²) in [6, 6.07) is 8.10. The minimum atomic E-state index is -0.545. The summed E-state index contributed by atoms with van der Waals surface area (Å²) in [5.41, 5.74) is 0.286. The third kappa shape index (κ3) is 3.23. The number of rotatable bonds is 3. The maximum absolute atomic E-state index is 12.2. The maximum Gasteiger partial charge on any atom is 0.341 e. The van der Waals surface area contributed by atoms with E-state index < -0.39 is 11.5 Å². The van der Waals surface area contributed by atoms with Crippen molar-refractivity contribution in [2.24, 2.45) is 0 Å². The average Bonchev–Trinajstić information content (AvgIpc) is 2.98. The van der Waals surface area contributed by atoms with Crippen LogP contribution in [-0.2, 0) is 4.74 Å². The van der Waals surface area contributed by atoms with Gasteiger partial charge in [-0.1, -0.05) is 11.6 Å². The summed E-state index contributed by atoms with van der Waals surface area (Å²) in [6.07, 6.45) is 1.38. The molecule has 0 atom stereocenters. The van der Waals surface area contributed by atoms with Crippen LogP contribution in [0.2, 0.25) is 5.02 Å². The van der Waals surface area contributed by atoms with Crippen molar-refractivity contribution in [1.29, 1.82) is 5.26 Å². The fourth-order valence-corrected chi connectivity index (χ4v) is 2.59. The summed E-state index contributed by atoms with van der Waals surface area (Å²) >= 11 is 5.94. The van der Waals surface area contributed by atoms with Gasteiger partial charge in [0.15, 0.2) is 5.82 Å². The monoisotopic (exact) mass is 369 g/mol. The van der Waals surface area contributed by atoms with Crippen LogP contribution in [0, 0.1) is 18.3 Å². The minimum Gasteiger partial charge on any atom is -0.465 e. The Morgan fingerprint density at radius 3 is 2.88 bits per heavy atom. The lowest BCUT2D eigenvalue weighted by Crippen LogP contribution is -2.11. The molecular weight excluding hydrogens is 358 g/mol. The van der Waals surface area contributed by atoms with E-state index in [1.54, 1.807) is 19.1 Å². The summed E-state index contributed by atoms with van der Waals surface area (Å²) in [5, 5.41) is 10.2. The molecule has 0 saturated heterocycles. The number of fused-ring (bicyclic) bond motifs is 1. The number of H-pyrrole nitrogens is 1. The van der Waals surface area contributed by atoms with E-state index in [1.807, 2.05) is 6.07 Å². The van der Waals surface area contributed by atoms with Crippen LogP contribution in [0.1, 0.15) is 27.7 Å². The fraction of sp³-hybridized carbons (Fsp3) is 0.111. The minimum absolute atomic E-state index is 0.0640. The summed E-state index contributed by atoms with van der Waals surface area (Å²) in [5.74, 6) is 0.137. The van der Waals surface area contributed by atoms with Gasteiger partial charge < -0.3 is 14.1 Å². The predicted octanol–water partition coefficient (Wildman–Crippen LogP) is 3.33. The highest BCUT2D eigenvalue weighted by atomic mass is 35.5. The Morgan fingerprint density at radius 1 is 1.42 bits per heavy atom. The number of carbonyl (C=O) groups is 1. The van der Waals surface area contributed by atoms with E-state index >= 15 is 0 Å². The number of allylic oxidation sites excluding steroid dienone is 1. The van der Waals surface area contributed by atoms with Crippen LogP contribution in [0.3, 0.4) is 0 Å². The van der Waals surface area contributed by atoms with Crippen molar-refractivity contribution in [2.75, 3.05) is 7.11 Å². The number of furan rings is 1. The standard InChI is InChI=1S/C18H12ClN3O4/c1-9-14(18(24)25-2)7-12(26-9)5-10(8-20)16-21-15-6-11(19)3-4-13(15)17(23)22-16/h3-7H,1-2H3,(H,21,22,23). The molecule has 1 aromatic carbocycles. The van der Waals surface area contributed by atoms with Crippen LogP contribution >= 0.6 is 11.6 Å². The largest absolute Gasteiger partial charge is 0.465 e. The van der Waals surface area contributed by atoms with Gasteiger partial charge in [0.2, 0.25) is 0 Å². The molecule has 26 heavy (non-hydrogen) atoms. The van der Waals surface area contributed by atoms with Crippen molar-refractivity contribution >= 4 is 40.1 Å². The van der Waals surface area contributed by atoms with Crippen LogP contribution in [0.25, 0.3) is 22.6 Å². The van der Waals surface area contributed by atoms with Crippen LogP contribution < -0.4 is 5.56 Å². The molecule has 1 N–H and O–H groups in total. The normalized spacial score (nSPS) is 11.4. The van der Waals surface area contributed by atoms with Gasteiger partial charge in [0.05, 0.1) is 23.6 Å². The topological polar surface area (TPSA) is 109 Å². The number of nitrogens with zero attached hydrogens (tertiary/aromatic N) is 2. The number of hydrogen-bond acceptors (Lipinski definition) is 6. The molecular formula is C18H12ClN3O4. The van der Waals surface area contributed by atoms with E-state index in [0.29, 0.717) is 21.7 Å². The van der Waals surface area contributed by atoms with E-state index in [9.17, 15) is 14.9 Å². The molecule has 130 valence electrons. The highest BCUT2D eigenvalue weighted by Crippen LogP contribution is 2.22. The van der Waals surface area contributed by atoms with Crippen molar-refractivity contribution in [3.63, 3.8) is 0 Å². The Labute approximate surface area is 152 Å². The van der Waals surface area contributed by atoms with Gasteiger partial charge in [-0.15, -0.1) is 0 Å². The molecule has 0 unspecified atom stereocenters. The fourth-order valence-electron chi connectivity index (χ4n) is 2.42. The zero-order chi connectivity index (χ0) is 18.8. The summed E-state index contributed by atoms with van der Waals surface area (Å²) in [7, 11) is 1.26. The van der Waals surface area contributed by atoms with Crippen molar-refractivity contribution in [1.82, 2.24) is 9.97 Å². The summed E-state index contributed by atoms with van der Waals surface area (Å²) in [4.78, 5) is 30.7. The SMILES string of the molecule is COC(=O)c1cc(C=C(C#N)c2nc3cc(Cl)ccc3c(=O)[nH]2)oc1C. The Morgan fingerprint density at radius 2 is 2.19 bits per heavy atom. The van der Waals surface area contributed by atoms with Crippen LogP contribution in [-0.4, -0.2) is 23.0 Å². The van der Waals surface area contributed by atoms with Crippen LogP contribution in [0.15, 0.2) is 33.5 Å². The average molecular weight is 370 g/mol. The van der Waals surface area contributed by atoms with E-state index in [0.717, 1.165) is 0 Å². The number of methoxy groups -OCH3 is 1. The zero-order valence-corrected chi connectivity index (χ0v) is 14.5. The molecule has 0 aliphatic rings. The molecule has 0 aliphatic heterocycles. The van der Waals surface area contributed by atoms with Gasteiger partial charge in [-0.2, -0.15) is 5.26 Å². The smallest absolute Gasteiger partial charge is 0.341 e. The number of hydrogen-bond donors (Lipinski definition) is 1. The van der Waals surface area contributed by atoms with Crippen LogP contribution in [0.4, 0.5) is 0 Å².